The molecule has 0 aliphatic rings. The van der Waals surface area contributed by atoms with Gasteiger partial charge in [0.05, 0.1) is 12.0 Å². The van der Waals surface area contributed by atoms with Crippen LogP contribution in [0.1, 0.15) is 34.6 Å². The highest BCUT2D eigenvalue weighted by atomic mass is 16.5. The Morgan fingerprint density at radius 3 is 2.00 bits per heavy atom. The van der Waals surface area contributed by atoms with Crippen molar-refractivity contribution in [2.24, 2.45) is 10.8 Å². The third kappa shape index (κ3) is 4.31. The summed E-state index contributed by atoms with van der Waals surface area (Å²) in [6.07, 6.45) is 0. The van der Waals surface area contributed by atoms with E-state index in [1.54, 1.807) is 7.11 Å². The number of rotatable bonds is 6. The fourth-order valence-electron chi connectivity index (χ4n) is 1.09. The van der Waals surface area contributed by atoms with Crippen molar-refractivity contribution in [3.05, 3.63) is 0 Å². The highest BCUT2D eigenvalue weighted by Gasteiger charge is 2.30. The van der Waals surface area contributed by atoms with Crippen LogP contribution < -0.4 is 5.32 Å². The molecular weight excluding hydrogens is 206 g/mol. The van der Waals surface area contributed by atoms with Gasteiger partial charge in [0.25, 0.3) is 0 Å². The molecule has 0 saturated heterocycles. The molecule has 0 rings (SSSR count). The van der Waals surface area contributed by atoms with Gasteiger partial charge in [-0.1, -0.05) is 13.8 Å². The summed E-state index contributed by atoms with van der Waals surface area (Å²) in [6, 6.07) is 0. The van der Waals surface area contributed by atoms with Gasteiger partial charge in [0.2, 0.25) is 5.91 Å². The van der Waals surface area contributed by atoms with Crippen LogP contribution >= 0.6 is 0 Å². The first-order valence-electron chi connectivity index (χ1n) is 5.42. The molecule has 1 N–H and O–H groups in total. The minimum absolute atomic E-state index is 0.0670. The Hall–Kier alpha value is -0.900. The molecule has 1 amide bonds. The van der Waals surface area contributed by atoms with Crippen LogP contribution in [0.2, 0.25) is 0 Å². The molecule has 0 atom stereocenters. The van der Waals surface area contributed by atoms with E-state index in [2.05, 4.69) is 5.32 Å². The highest BCUT2D eigenvalue weighted by molar-refractivity contribution is 5.85. The van der Waals surface area contributed by atoms with E-state index in [0.717, 1.165) is 0 Å². The van der Waals surface area contributed by atoms with Gasteiger partial charge >= 0.3 is 0 Å². The maximum Gasteiger partial charge on any atom is 0.228 e. The number of amides is 1. The second-order valence-electron chi connectivity index (χ2n) is 5.44. The van der Waals surface area contributed by atoms with E-state index in [-0.39, 0.29) is 11.7 Å². The van der Waals surface area contributed by atoms with Gasteiger partial charge in [-0.15, -0.1) is 0 Å². The van der Waals surface area contributed by atoms with Gasteiger partial charge in [-0.25, -0.2) is 0 Å². The van der Waals surface area contributed by atoms with Crippen molar-refractivity contribution < 1.29 is 14.3 Å². The third-order valence-electron chi connectivity index (χ3n) is 2.76. The molecule has 0 aliphatic carbocycles. The van der Waals surface area contributed by atoms with Crippen molar-refractivity contribution in [1.82, 2.24) is 5.32 Å². The Morgan fingerprint density at radius 2 is 1.62 bits per heavy atom. The number of nitrogens with one attached hydrogen (secondary N) is 1. The molecule has 0 heterocycles. The molecule has 0 unspecified atom stereocenters. The molecule has 0 aromatic rings. The number of ether oxygens (including phenoxy) is 1. The van der Waals surface area contributed by atoms with Crippen molar-refractivity contribution in [2.45, 2.75) is 34.6 Å². The Kier molecular flexibility index (Phi) is 5.13. The number of hydrogen-bond acceptors (Lipinski definition) is 3. The SMILES string of the molecule is COCC(C)(C)C(=O)NCC(C)(C)C(C)=O. The van der Waals surface area contributed by atoms with E-state index in [4.69, 9.17) is 4.74 Å². The van der Waals surface area contributed by atoms with Crippen LogP contribution in [0.4, 0.5) is 0 Å². The minimum atomic E-state index is -0.568. The Bertz CT molecular complexity index is 269. The molecule has 0 aromatic carbocycles. The van der Waals surface area contributed by atoms with Crippen LogP contribution in [-0.2, 0) is 14.3 Å². The zero-order valence-corrected chi connectivity index (χ0v) is 11.1. The molecule has 4 heteroatoms. The first kappa shape index (κ1) is 15.1. The summed E-state index contributed by atoms with van der Waals surface area (Å²) in [5, 5.41) is 2.79. The van der Waals surface area contributed by atoms with Gasteiger partial charge in [-0.05, 0) is 20.8 Å². The summed E-state index contributed by atoms with van der Waals surface area (Å²) in [7, 11) is 1.56. The molecular formula is C12H23NO3. The smallest absolute Gasteiger partial charge is 0.228 e. The van der Waals surface area contributed by atoms with Gasteiger partial charge in [-0.2, -0.15) is 0 Å². The second kappa shape index (κ2) is 5.43. The average molecular weight is 229 g/mol. The van der Waals surface area contributed by atoms with Gasteiger partial charge in [0.15, 0.2) is 0 Å². The Morgan fingerprint density at radius 1 is 1.12 bits per heavy atom. The van der Waals surface area contributed by atoms with Crippen LogP contribution in [0.3, 0.4) is 0 Å². The Labute approximate surface area is 97.7 Å². The van der Waals surface area contributed by atoms with Gasteiger partial charge in [0.1, 0.15) is 5.78 Å². The lowest BCUT2D eigenvalue weighted by atomic mass is 9.87. The largest absolute Gasteiger partial charge is 0.384 e. The first-order chi connectivity index (χ1) is 7.13. The van der Waals surface area contributed by atoms with Crippen LogP contribution in [-0.4, -0.2) is 32.0 Å². The average Bonchev–Trinajstić information content (AvgIpc) is 2.13. The fraction of sp³-hybridized carbons (Fsp3) is 0.833. The molecule has 16 heavy (non-hydrogen) atoms. The molecule has 0 radical (unpaired) electrons. The molecule has 94 valence electrons. The minimum Gasteiger partial charge on any atom is -0.384 e. The molecule has 0 bridgehead atoms. The zero-order valence-electron chi connectivity index (χ0n) is 11.1. The van der Waals surface area contributed by atoms with Crippen molar-refractivity contribution in [2.75, 3.05) is 20.3 Å². The van der Waals surface area contributed by atoms with Gasteiger partial charge in [-0.3, -0.25) is 9.59 Å². The van der Waals surface area contributed by atoms with E-state index in [0.29, 0.717) is 13.2 Å². The predicted molar refractivity (Wildman–Crippen MR) is 63.1 cm³/mol. The van der Waals surface area contributed by atoms with E-state index in [1.807, 2.05) is 27.7 Å². The summed E-state index contributed by atoms with van der Waals surface area (Å²) in [5.41, 5.74) is -1.08. The molecule has 0 fully saturated rings. The van der Waals surface area contributed by atoms with E-state index in [1.165, 1.54) is 6.92 Å². The number of methoxy groups -OCH3 is 1. The van der Waals surface area contributed by atoms with E-state index in [9.17, 15) is 9.59 Å². The number of ketones is 1. The van der Waals surface area contributed by atoms with Crippen LogP contribution in [0.15, 0.2) is 0 Å². The van der Waals surface area contributed by atoms with Crippen LogP contribution in [0, 0.1) is 10.8 Å². The maximum absolute atomic E-state index is 11.8. The third-order valence-corrected chi connectivity index (χ3v) is 2.76. The second-order valence-corrected chi connectivity index (χ2v) is 5.44. The quantitative estimate of drug-likeness (QED) is 0.749. The van der Waals surface area contributed by atoms with Gasteiger partial charge < -0.3 is 10.1 Å². The van der Waals surface area contributed by atoms with E-state index >= 15 is 0 Å². The fourth-order valence-corrected chi connectivity index (χ4v) is 1.09. The summed E-state index contributed by atoms with van der Waals surface area (Å²) < 4.78 is 4.98. The first-order valence-corrected chi connectivity index (χ1v) is 5.42. The molecule has 0 spiro atoms. The van der Waals surface area contributed by atoms with Gasteiger partial charge in [0, 0.05) is 19.1 Å². The highest BCUT2D eigenvalue weighted by Crippen LogP contribution is 2.18. The van der Waals surface area contributed by atoms with Crippen LogP contribution in [0.25, 0.3) is 0 Å². The summed E-state index contributed by atoms with van der Waals surface area (Å²) in [5.74, 6) is -0.0268. The standard InChI is InChI=1S/C12H23NO3/c1-9(14)11(2,3)7-13-10(15)12(4,5)8-16-6/h7-8H2,1-6H3,(H,13,15). The van der Waals surface area contributed by atoms with Crippen LogP contribution in [0.5, 0.6) is 0 Å². The molecule has 0 aromatic heterocycles. The normalized spacial score (nSPS) is 12.4. The van der Waals surface area contributed by atoms with Crippen molar-refractivity contribution in [1.29, 1.82) is 0 Å². The number of carbonyl (C=O) groups excluding carboxylic acids is 2. The topological polar surface area (TPSA) is 55.4 Å². The van der Waals surface area contributed by atoms with Crippen molar-refractivity contribution >= 4 is 11.7 Å². The van der Waals surface area contributed by atoms with Crippen molar-refractivity contribution in [3.63, 3.8) is 0 Å². The van der Waals surface area contributed by atoms with Crippen molar-refractivity contribution in [3.8, 4) is 0 Å². The monoisotopic (exact) mass is 229 g/mol. The summed E-state index contributed by atoms with van der Waals surface area (Å²) in [4.78, 5) is 23.1. The lowest BCUT2D eigenvalue weighted by Crippen LogP contribution is -2.45. The number of hydrogen-bond donors (Lipinski definition) is 1. The summed E-state index contributed by atoms with van der Waals surface area (Å²) in [6.45, 7) is 9.51. The lowest BCUT2D eigenvalue weighted by molar-refractivity contribution is -0.133. The predicted octanol–water partition coefficient (Wildman–Crippen LogP) is 1.39. The molecule has 0 aliphatic heterocycles. The zero-order chi connectivity index (χ0) is 13.0. The maximum atomic E-state index is 11.8. The summed E-state index contributed by atoms with van der Waals surface area (Å²) >= 11 is 0. The van der Waals surface area contributed by atoms with E-state index < -0.39 is 10.8 Å². The number of carbonyl (C=O) groups is 2. The number of Topliss-reactive ketones (excluding diaryl/α,β-unsaturated/α-hetero) is 1. The molecule has 4 nitrogen and oxygen atoms in total. The Balaban J connectivity index is 4.33. The molecule has 0 saturated carbocycles. The lowest BCUT2D eigenvalue weighted by Gasteiger charge is -2.26.